The average molecular weight is 284 g/mol. The predicted octanol–water partition coefficient (Wildman–Crippen LogP) is 0.615. The fraction of sp³-hybridized carbons (Fsp3) is 0.538. The van der Waals surface area contributed by atoms with Crippen molar-refractivity contribution in [2.45, 2.75) is 39.2 Å². The van der Waals surface area contributed by atoms with Gasteiger partial charge in [0.25, 0.3) is 0 Å². The highest BCUT2D eigenvalue weighted by molar-refractivity contribution is 6.13. The van der Waals surface area contributed by atoms with E-state index in [4.69, 9.17) is 9.47 Å². The van der Waals surface area contributed by atoms with Crippen molar-refractivity contribution in [2.24, 2.45) is 0 Å². The zero-order valence-corrected chi connectivity index (χ0v) is 11.5. The molecule has 20 heavy (non-hydrogen) atoms. The van der Waals surface area contributed by atoms with Gasteiger partial charge < -0.3 is 14.6 Å². The summed E-state index contributed by atoms with van der Waals surface area (Å²) in [7, 11) is 0. The molecular weight excluding hydrogens is 268 g/mol. The van der Waals surface area contributed by atoms with Crippen LogP contribution in [0.15, 0.2) is 11.3 Å². The number of Topliss-reactive ketones (excluding diaryl/α,β-unsaturated/α-hetero) is 2. The topological polar surface area (TPSA) is 107 Å². The lowest BCUT2D eigenvalue weighted by atomic mass is 9.86. The second kappa shape index (κ2) is 5.85. The van der Waals surface area contributed by atoms with E-state index >= 15 is 0 Å². The summed E-state index contributed by atoms with van der Waals surface area (Å²) in [6.45, 7) is 4.04. The number of ketones is 2. The molecule has 0 spiro atoms. The number of carbonyl (C=O) groups is 4. The fourth-order valence-electron chi connectivity index (χ4n) is 2.00. The van der Waals surface area contributed by atoms with Crippen molar-refractivity contribution >= 4 is 23.5 Å². The Morgan fingerprint density at radius 3 is 2.35 bits per heavy atom. The van der Waals surface area contributed by atoms with Crippen molar-refractivity contribution in [1.82, 2.24) is 0 Å². The molecule has 1 aliphatic rings. The second-order valence-corrected chi connectivity index (χ2v) is 4.51. The Kier molecular flexibility index (Phi) is 4.65. The Morgan fingerprint density at radius 1 is 1.30 bits per heavy atom. The van der Waals surface area contributed by atoms with Crippen LogP contribution >= 0.6 is 0 Å². The van der Waals surface area contributed by atoms with E-state index in [1.165, 1.54) is 6.92 Å². The van der Waals surface area contributed by atoms with E-state index < -0.39 is 46.9 Å². The van der Waals surface area contributed by atoms with Gasteiger partial charge in [0, 0.05) is 0 Å². The van der Waals surface area contributed by atoms with E-state index in [9.17, 15) is 24.3 Å². The van der Waals surface area contributed by atoms with Crippen molar-refractivity contribution in [1.29, 1.82) is 0 Å². The van der Waals surface area contributed by atoms with Gasteiger partial charge >= 0.3 is 11.9 Å². The number of ether oxygens (including phenoxy) is 2. The van der Waals surface area contributed by atoms with Crippen LogP contribution in [0.3, 0.4) is 0 Å². The highest BCUT2D eigenvalue weighted by Crippen LogP contribution is 2.37. The van der Waals surface area contributed by atoms with Gasteiger partial charge in [-0.2, -0.15) is 0 Å². The van der Waals surface area contributed by atoms with Crippen LogP contribution in [0.2, 0.25) is 0 Å². The Hall–Kier alpha value is -2.18. The number of hydrogen-bond acceptors (Lipinski definition) is 7. The number of rotatable bonds is 6. The van der Waals surface area contributed by atoms with Crippen LogP contribution < -0.4 is 0 Å². The minimum atomic E-state index is -2.17. The Labute approximate surface area is 115 Å². The molecule has 0 amide bonds. The molecule has 0 saturated carbocycles. The predicted molar refractivity (Wildman–Crippen MR) is 65.7 cm³/mol. The second-order valence-electron chi connectivity index (χ2n) is 4.51. The van der Waals surface area contributed by atoms with E-state index in [-0.39, 0.29) is 6.61 Å². The minimum Gasteiger partial charge on any atom is -0.501 e. The number of esters is 2. The van der Waals surface area contributed by atoms with Gasteiger partial charge in [-0.1, -0.05) is 6.92 Å². The Balaban J connectivity index is 3.32. The summed E-state index contributed by atoms with van der Waals surface area (Å²) >= 11 is 0. The molecule has 0 fully saturated rings. The monoisotopic (exact) mass is 284 g/mol. The van der Waals surface area contributed by atoms with Gasteiger partial charge in [-0.25, -0.2) is 9.59 Å². The van der Waals surface area contributed by atoms with Crippen LogP contribution in [-0.2, 0) is 28.7 Å². The largest absolute Gasteiger partial charge is 0.501 e. The number of cyclic esters (lactones) is 1. The normalized spacial score (nSPS) is 21.6. The van der Waals surface area contributed by atoms with Crippen LogP contribution in [0.25, 0.3) is 0 Å². The smallest absolute Gasteiger partial charge is 0.375 e. The van der Waals surface area contributed by atoms with Crippen molar-refractivity contribution in [3.8, 4) is 0 Å². The maximum atomic E-state index is 12.1. The van der Waals surface area contributed by atoms with Crippen LogP contribution in [0.1, 0.15) is 33.6 Å². The fourth-order valence-corrected chi connectivity index (χ4v) is 2.00. The van der Waals surface area contributed by atoms with Crippen molar-refractivity contribution in [3.63, 3.8) is 0 Å². The molecule has 1 rings (SSSR count). The molecule has 1 heterocycles. The first-order valence-electron chi connectivity index (χ1n) is 6.11. The minimum absolute atomic E-state index is 0.0436. The third-order valence-corrected chi connectivity index (χ3v) is 2.72. The Morgan fingerprint density at radius 2 is 1.90 bits per heavy atom. The van der Waals surface area contributed by atoms with Crippen molar-refractivity contribution < 1.29 is 33.8 Å². The van der Waals surface area contributed by atoms with Gasteiger partial charge in [-0.3, -0.25) is 9.59 Å². The third-order valence-electron chi connectivity index (χ3n) is 2.72. The summed E-state index contributed by atoms with van der Waals surface area (Å²) in [5, 5.41) is 9.62. The lowest BCUT2D eigenvalue weighted by molar-refractivity contribution is -0.175. The zero-order chi connectivity index (χ0) is 15.5. The number of hydrogen-bond donors (Lipinski definition) is 1. The molecule has 0 aromatic heterocycles. The molecule has 0 radical (unpaired) electrons. The van der Waals surface area contributed by atoms with Gasteiger partial charge in [-0.05, 0) is 20.3 Å². The number of carbonyl (C=O) groups excluding carboxylic acids is 4. The SMILES string of the molecule is CCCOC(=O)C1(CC(C)=O)OC(=O)C(O)=C1C(C)=O. The summed E-state index contributed by atoms with van der Waals surface area (Å²) in [5.41, 5.74) is -2.70. The van der Waals surface area contributed by atoms with Crippen LogP contribution in [0.5, 0.6) is 0 Å². The maximum absolute atomic E-state index is 12.1. The number of aliphatic hydroxyl groups excluding tert-OH is 1. The molecule has 7 heteroatoms. The number of aliphatic hydroxyl groups is 1. The molecule has 0 bridgehead atoms. The molecule has 0 aromatic carbocycles. The van der Waals surface area contributed by atoms with Crippen LogP contribution in [0.4, 0.5) is 0 Å². The first kappa shape index (κ1) is 15.9. The van der Waals surface area contributed by atoms with Gasteiger partial charge in [0.1, 0.15) is 5.78 Å². The van der Waals surface area contributed by atoms with E-state index in [0.717, 1.165) is 6.92 Å². The molecule has 1 unspecified atom stereocenters. The van der Waals surface area contributed by atoms with Gasteiger partial charge in [0.05, 0.1) is 18.6 Å². The summed E-state index contributed by atoms with van der Waals surface area (Å²) in [5.74, 6) is -4.42. The first-order valence-corrected chi connectivity index (χ1v) is 6.11. The highest BCUT2D eigenvalue weighted by atomic mass is 16.6. The molecule has 110 valence electrons. The first-order chi connectivity index (χ1) is 9.26. The van der Waals surface area contributed by atoms with Crippen LogP contribution in [-0.4, -0.2) is 40.8 Å². The van der Waals surface area contributed by atoms with E-state index in [2.05, 4.69) is 0 Å². The molecule has 1 aliphatic heterocycles. The lowest BCUT2D eigenvalue weighted by Gasteiger charge is -2.26. The standard InChI is InChI=1S/C13H16O7/c1-4-5-19-12(18)13(6-7(2)14)9(8(3)15)10(16)11(17)20-13/h16H,4-6H2,1-3H3. The molecule has 1 atom stereocenters. The molecule has 0 saturated heterocycles. The highest BCUT2D eigenvalue weighted by Gasteiger charge is 2.57. The summed E-state index contributed by atoms with van der Waals surface area (Å²) in [6, 6.07) is 0. The van der Waals surface area contributed by atoms with Crippen molar-refractivity contribution in [2.75, 3.05) is 6.61 Å². The summed E-state index contributed by atoms with van der Waals surface area (Å²) < 4.78 is 9.72. The molecular formula is C13H16O7. The molecule has 0 aromatic rings. The van der Waals surface area contributed by atoms with Gasteiger partial charge in [0.2, 0.25) is 11.4 Å². The maximum Gasteiger partial charge on any atom is 0.375 e. The van der Waals surface area contributed by atoms with Gasteiger partial charge in [-0.15, -0.1) is 0 Å². The van der Waals surface area contributed by atoms with Crippen LogP contribution in [0, 0.1) is 0 Å². The molecule has 7 nitrogen and oxygen atoms in total. The average Bonchev–Trinajstić information content (AvgIpc) is 2.58. The zero-order valence-electron chi connectivity index (χ0n) is 11.5. The summed E-state index contributed by atoms with van der Waals surface area (Å²) in [4.78, 5) is 46.5. The van der Waals surface area contributed by atoms with E-state index in [1.807, 2.05) is 0 Å². The molecule has 1 N–H and O–H groups in total. The van der Waals surface area contributed by atoms with E-state index in [0.29, 0.717) is 6.42 Å². The summed E-state index contributed by atoms with van der Waals surface area (Å²) in [6.07, 6.45) is -0.0405. The quantitative estimate of drug-likeness (QED) is 0.712. The lowest BCUT2D eigenvalue weighted by Crippen LogP contribution is -2.46. The van der Waals surface area contributed by atoms with Gasteiger partial charge in [0.15, 0.2) is 5.78 Å². The van der Waals surface area contributed by atoms with E-state index in [1.54, 1.807) is 6.92 Å². The van der Waals surface area contributed by atoms with Crippen molar-refractivity contribution in [3.05, 3.63) is 11.3 Å². The third kappa shape index (κ3) is 2.71. The molecule has 0 aliphatic carbocycles. The Bertz CT molecular complexity index is 503.